The third-order valence-electron chi connectivity index (χ3n) is 2.54. The van der Waals surface area contributed by atoms with E-state index in [4.69, 9.17) is 5.11 Å². The molecule has 1 unspecified atom stereocenters. The first-order chi connectivity index (χ1) is 7.45. The van der Waals surface area contributed by atoms with Gasteiger partial charge in [0.05, 0.1) is 5.60 Å². The predicted octanol–water partition coefficient (Wildman–Crippen LogP) is 2.48. The number of benzene rings is 1. The van der Waals surface area contributed by atoms with Crippen LogP contribution < -0.4 is 0 Å². The highest BCUT2D eigenvalue weighted by atomic mass is 32.2. The Labute approximate surface area is 99.5 Å². The van der Waals surface area contributed by atoms with Crippen LogP contribution in [0, 0.1) is 0 Å². The molecule has 2 N–H and O–H groups in total. The van der Waals surface area contributed by atoms with E-state index < -0.39 is 11.6 Å². The predicted molar refractivity (Wildman–Crippen MR) is 64.7 cm³/mol. The average molecular weight is 240 g/mol. The standard InChI is InChI=1S/C12H16O3S/c1-12(15,8-7-11(13)14)9-3-5-10(16-2)6-4-9/h3-6,15H,7-8H2,1-2H3,(H,13,14). The van der Waals surface area contributed by atoms with Crippen LogP contribution in [0.25, 0.3) is 0 Å². The lowest BCUT2D eigenvalue weighted by atomic mass is 9.91. The minimum absolute atomic E-state index is 0.0305. The summed E-state index contributed by atoms with van der Waals surface area (Å²) in [5.41, 5.74) is -0.318. The van der Waals surface area contributed by atoms with Crippen LogP contribution in [0.1, 0.15) is 25.3 Å². The highest BCUT2D eigenvalue weighted by Crippen LogP contribution is 2.27. The molecule has 1 atom stereocenters. The van der Waals surface area contributed by atoms with Crippen molar-refractivity contribution >= 4 is 17.7 Å². The molecule has 0 heterocycles. The van der Waals surface area contributed by atoms with Crippen LogP contribution in [0.15, 0.2) is 29.2 Å². The maximum absolute atomic E-state index is 10.5. The highest BCUT2D eigenvalue weighted by Gasteiger charge is 2.23. The third-order valence-corrected chi connectivity index (χ3v) is 3.28. The minimum Gasteiger partial charge on any atom is -0.481 e. The van der Waals surface area contributed by atoms with E-state index in [9.17, 15) is 9.90 Å². The maximum atomic E-state index is 10.5. The second kappa shape index (κ2) is 5.37. The van der Waals surface area contributed by atoms with Gasteiger partial charge in [0, 0.05) is 11.3 Å². The molecule has 1 rings (SSSR count). The Morgan fingerprint density at radius 3 is 2.38 bits per heavy atom. The first kappa shape index (κ1) is 13.1. The van der Waals surface area contributed by atoms with Gasteiger partial charge in [0.1, 0.15) is 0 Å². The fourth-order valence-electron chi connectivity index (χ4n) is 1.44. The summed E-state index contributed by atoms with van der Waals surface area (Å²) < 4.78 is 0. The molecule has 0 aromatic heterocycles. The first-order valence-corrected chi connectivity index (χ1v) is 6.27. The molecule has 0 fully saturated rings. The SMILES string of the molecule is CSc1ccc(C(C)(O)CCC(=O)O)cc1. The van der Waals surface area contributed by atoms with Crippen molar-refractivity contribution in [3.05, 3.63) is 29.8 Å². The molecule has 88 valence electrons. The Balaban J connectivity index is 2.76. The second-order valence-corrected chi connectivity index (χ2v) is 4.78. The smallest absolute Gasteiger partial charge is 0.303 e. The summed E-state index contributed by atoms with van der Waals surface area (Å²) >= 11 is 1.63. The van der Waals surface area contributed by atoms with E-state index in [0.29, 0.717) is 0 Å². The van der Waals surface area contributed by atoms with Gasteiger partial charge in [-0.15, -0.1) is 11.8 Å². The van der Waals surface area contributed by atoms with Gasteiger partial charge in [-0.3, -0.25) is 4.79 Å². The van der Waals surface area contributed by atoms with Gasteiger partial charge in [0.2, 0.25) is 0 Å². The Morgan fingerprint density at radius 2 is 1.94 bits per heavy atom. The van der Waals surface area contributed by atoms with Crippen LogP contribution in [0.5, 0.6) is 0 Å². The van der Waals surface area contributed by atoms with E-state index >= 15 is 0 Å². The van der Waals surface area contributed by atoms with Crippen molar-refractivity contribution < 1.29 is 15.0 Å². The molecule has 4 heteroatoms. The zero-order valence-corrected chi connectivity index (χ0v) is 10.3. The molecule has 0 bridgehead atoms. The van der Waals surface area contributed by atoms with Crippen LogP contribution in [0.2, 0.25) is 0 Å². The Hall–Kier alpha value is -1.00. The molecule has 0 saturated carbocycles. The fourth-order valence-corrected chi connectivity index (χ4v) is 1.85. The van der Waals surface area contributed by atoms with Crippen LogP contribution in [-0.4, -0.2) is 22.4 Å². The first-order valence-electron chi connectivity index (χ1n) is 5.04. The molecular weight excluding hydrogens is 224 g/mol. The molecule has 0 saturated heterocycles. The van der Waals surface area contributed by atoms with Crippen LogP contribution in [-0.2, 0) is 10.4 Å². The number of rotatable bonds is 5. The molecule has 0 spiro atoms. The van der Waals surface area contributed by atoms with Gasteiger partial charge in [0.25, 0.3) is 0 Å². The quantitative estimate of drug-likeness (QED) is 0.776. The number of aliphatic hydroxyl groups is 1. The van der Waals surface area contributed by atoms with E-state index in [2.05, 4.69) is 0 Å². The number of carboxylic acids is 1. The molecule has 16 heavy (non-hydrogen) atoms. The molecule has 1 aromatic rings. The van der Waals surface area contributed by atoms with Crippen LogP contribution in [0.3, 0.4) is 0 Å². The maximum Gasteiger partial charge on any atom is 0.303 e. The molecule has 3 nitrogen and oxygen atoms in total. The number of hydrogen-bond acceptors (Lipinski definition) is 3. The summed E-state index contributed by atoms with van der Waals surface area (Å²) in [4.78, 5) is 11.6. The number of aliphatic carboxylic acids is 1. The van der Waals surface area contributed by atoms with Crippen LogP contribution in [0.4, 0.5) is 0 Å². The molecule has 0 radical (unpaired) electrons. The molecular formula is C12H16O3S. The van der Waals surface area contributed by atoms with E-state index in [1.54, 1.807) is 18.7 Å². The van der Waals surface area contributed by atoms with Crippen LogP contribution >= 0.6 is 11.8 Å². The normalized spacial score (nSPS) is 14.4. The molecule has 0 aliphatic carbocycles. The van der Waals surface area contributed by atoms with E-state index in [1.807, 2.05) is 30.5 Å². The van der Waals surface area contributed by atoms with Crippen molar-refractivity contribution in [3.8, 4) is 0 Å². The van der Waals surface area contributed by atoms with E-state index in [1.165, 1.54) is 0 Å². The van der Waals surface area contributed by atoms with E-state index in [0.717, 1.165) is 10.5 Å². The largest absolute Gasteiger partial charge is 0.481 e. The van der Waals surface area contributed by atoms with Crippen molar-refractivity contribution in [1.82, 2.24) is 0 Å². The highest BCUT2D eigenvalue weighted by molar-refractivity contribution is 7.98. The third kappa shape index (κ3) is 3.54. The van der Waals surface area contributed by atoms with Crippen molar-refractivity contribution in [2.24, 2.45) is 0 Å². The minimum atomic E-state index is -1.07. The van der Waals surface area contributed by atoms with Gasteiger partial charge < -0.3 is 10.2 Å². The van der Waals surface area contributed by atoms with E-state index in [-0.39, 0.29) is 12.8 Å². The zero-order valence-electron chi connectivity index (χ0n) is 9.43. The number of carboxylic acid groups (broad SMARTS) is 1. The van der Waals surface area contributed by atoms with Crippen molar-refractivity contribution in [2.45, 2.75) is 30.3 Å². The van der Waals surface area contributed by atoms with Gasteiger partial charge in [0.15, 0.2) is 0 Å². The Morgan fingerprint density at radius 1 is 1.38 bits per heavy atom. The summed E-state index contributed by atoms with van der Waals surface area (Å²) in [6, 6.07) is 7.53. The zero-order chi connectivity index (χ0) is 12.2. The lowest BCUT2D eigenvalue weighted by Crippen LogP contribution is -2.22. The molecule has 0 aliphatic heterocycles. The summed E-state index contributed by atoms with van der Waals surface area (Å²) in [6.07, 6.45) is 2.18. The van der Waals surface area contributed by atoms with Gasteiger partial charge in [-0.2, -0.15) is 0 Å². The molecule has 0 amide bonds. The Kier molecular flexibility index (Phi) is 4.38. The summed E-state index contributed by atoms with van der Waals surface area (Å²) in [6.45, 7) is 1.64. The van der Waals surface area contributed by atoms with Gasteiger partial charge >= 0.3 is 5.97 Å². The molecule has 0 aliphatic rings. The number of hydrogen-bond donors (Lipinski definition) is 2. The van der Waals surface area contributed by atoms with Gasteiger partial charge in [-0.25, -0.2) is 0 Å². The average Bonchev–Trinajstić information content (AvgIpc) is 2.27. The van der Waals surface area contributed by atoms with Gasteiger partial charge in [-0.1, -0.05) is 12.1 Å². The van der Waals surface area contributed by atoms with Crippen molar-refractivity contribution in [1.29, 1.82) is 0 Å². The van der Waals surface area contributed by atoms with Gasteiger partial charge in [-0.05, 0) is 37.3 Å². The summed E-state index contributed by atoms with van der Waals surface area (Å²) in [5, 5.41) is 18.7. The van der Waals surface area contributed by atoms with Crippen molar-refractivity contribution in [2.75, 3.05) is 6.26 Å². The summed E-state index contributed by atoms with van der Waals surface area (Å²) in [7, 11) is 0. The topological polar surface area (TPSA) is 57.5 Å². The summed E-state index contributed by atoms with van der Waals surface area (Å²) in [5.74, 6) is -0.888. The van der Waals surface area contributed by atoms with Crippen molar-refractivity contribution in [3.63, 3.8) is 0 Å². The number of carbonyl (C=O) groups is 1. The fraction of sp³-hybridized carbons (Fsp3) is 0.417. The Bertz CT molecular complexity index is 357. The lowest BCUT2D eigenvalue weighted by molar-refractivity contribution is -0.138. The lowest BCUT2D eigenvalue weighted by Gasteiger charge is -2.23. The molecule has 1 aromatic carbocycles. The monoisotopic (exact) mass is 240 g/mol. The second-order valence-electron chi connectivity index (χ2n) is 3.90. The number of thioether (sulfide) groups is 1.